The van der Waals surface area contributed by atoms with Gasteiger partial charge < -0.3 is 11.1 Å². The van der Waals surface area contributed by atoms with Crippen molar-refractivity contribution in [2.24, 2.45) is 10.7 Å². The highest BCUT2D eigenvalue weighted by Gasteiger charge is 2.28. The van der Waals surface area contributed by atoms with Gasteiger partial charge in [0.25, 0.3) is 5.91 Å². The van der Waals surface area contributed by atoms with Crippen LogP contribution in [0.2, 0.25) is 0 Å². The molecule has 0 saturated carbocycles. The van der Waals surface area contributed by atoms with Crippen molar-refractivity contribution >= 4 is 34.3 Å². The number of carbonyl (C=O) groups is 1. The van der Waals surface area contributed by atoms with Crippen LogP contribution < -0.4 is 11.1 Å². The molecule has 2 aliphatic rings. The molecule has 2 heterocycles. The monoisotopic (exact) mass is 436 g/mol. The summed E-state index contributed by atoms with van der Waals surface area (Å²) in [6, 6.07) is 26.3. The molecule has 0 unspecified atom stereocenters. The number of fused-ring (bicyclic) bond motifs is 1. The number of nitrogens with zero attached hydrogens (tertiary/aromatic N) is 2. The molecular formula is C28H28N4O. The van der Waals surface area contributed by atoms with Crippen molar-refractivity contribution in [1.82, 2.24) is 4.90 Å². The number of rotatable bonds is 6. The van der Waals surface area contributed by atoms with Crippen molar-refractivity contribution in [1.29, 1.82) is 0 Å². The molecule has 5 nitrogen and oxygen atoms in total. The molecule has 166 valence electrons. The molecule has 1 fully saturated rings. The molecule has 3 aromatic carbocycles. The minimum Gasteiger partial charge on any atom is -0.364 e. The normalized spacial score (nSPS) is 17.3. The SMILES string of the molecule is NC(=O)C1=Nc2ccccc2C1=C(Nc1cccc(CN2CCCCC2)c1)c1ccccc1. The van der Waals surface area contributed by atoms with Crippen LogP contribution in [0, 0.1) is 0 Å². The minimum absolute atomic E-state index is 0.284. The van der Waals surface area contributed by atoms with Crippen LogP contribution >= 0.6 is 0 Å². The topological polar surface area (TPSA) is 70.7 Å². The molecule has 3 N–H and O–H groups in total. The number of primary amides is 1. The molecule has 0 atom stereocenters. The van der Waals surface area contributed by atoms with Crippen LogP contribution in [0.1, 0.15) is 36.0 Å². The van der Waals surface area contributed by atoms with Crippen LogP contribution in [0.5, 0.6) is 0 Å². The lowest BCUT2D eigenvalue weighted by Crippen LogP contribution is -2.29. The second-order valence-electron chi connectivity index (χ2n) is 8.62. The van der Waals surface area contributed by atoms with Crippen LogP contribution in [-0.2, 0) is 11.3 Å². The lowest BCUT2D eigenvalue weighted by atomic mass is 9.96. The second-order valence-corrected chi connectivity index (χ2v) is 8.62. The Morgan fingerprint density at radius 1 is 0.909 bits per heavy atom. The Morgan fingerprint density at radius 2 is 1.67 bits per heavy atom. The Hall–Kier alpha value is -3.70. The van der Waals surface area contributed by atoms with Crippen LogP contribution in [0.3, 0.4) is 0 Å². The Kier molecular flexibility index (Phi) is 6.05. The van der Waals surface area contributed by atoms with Gasteiger partial charge in [-0.05, 0) is 55.3 Å². The molecular weight excluding hydrogens is 408 g/mol. The Bertz CT molecular complexity index is 1220. The summed E-state index contributed by atoms with van der Waals surface area (Å²) >= 11 is 0. The van der Waals surface area contributed by atoms with E-state index in [1.807, 2.05) is 54.6 Å². The molecule has 0 bridgehead atoms. The van der Waals surface area contributed by atoms with Crippen LogP contribution in [0.15, 0.2) is 83.9 Å². The number of hydrogen-bond donors (Lipinski definition) is 2. The molecule has 5 rings (SSSR count). The number of likely N-dealkylation sites (tertiary alicyclic amines) is 1. The maximum atomic E-state index is 12.4. The van der Waals surface area contributed by atoms with Crippen molar-refractivity contribution in [2.45, 2.75) is 25.8 Å². The first-order chi connectivity index (χ1) is 16.2. The van der Waals surface area contributed by atoms with Gasteiger partial charge in [0.2, 0.25) is 0 Å². The van der Waals surface area contributed by atoms with E-state index in [1.54, 1.807) is 0 Å². The smallest absolute Gasteiger partial charge is 0.268 e. The molecule has 2 aliphatic heterocycles. The van der Waals surface area contributed by atoms with Crippen LogP contribution in [0.25, 0.3) is 11.3 Å². The largest absolute Gasteiger partial charge is 0.364 e. The molecule has 0 radical (unpaired) electrons. The number of anilines is 1. The molecule has 33 heavy (non-hydrogen) atoms. The van der Waals surface area contributed by atoms with Gasteiger partial charge in [-0.15, -0.1) is 0 Å². The van der Waals surface area contributed by atoms with E-state index in [2.05, 4.69) is 39.5 Å². The average molecular weight is 437 g/mol. The quantitative estimate of drug-likeness (QED) is 0.556. The van der Waals surface area contributed by atoms with E-state index < -0.39 is 5.91 Å². The van der Waals surface area contributed by atoms with Gasteiger partial charge in [0.1, 0.15) is 5.71 Å². The molecule has 0 aliphatic carbocycles. The van der Waals surface area contributed by atoms with E-state index in [-0.39, 0.29) is 5.71 Å². The number of para-hydroxylation sites is 1. The Labute approximate surface area is 194 Å². The first-order valence-electron chi connectivity index (χ1n) is 11.6. The maximum Gasteiger partial charge on any atom is 0.268 e. The molecule has 0 aromatic heterocycles. The fourth-order valence-electron chi connectivity index (χ4n) is 4.67. The third-order valence-electron chi connectivity index (χ3n) is 6.24. The summed E-state index contributed by atoms with van der Waals surface area (Å²) in [6.45, 7) is 3.27. The summed E-state index contributed by atoms with van der Waals surface area (Å²) in [4.78, 5) is 19.4. The maximum absolute atomic E-state index is 12.4. The molecule has 3 aromatic rings. The van der Waals surface area contributed by atoms with Gasteiger partial charge in [0.15, 0.2) is 0 Å². The van der Waals surface area contributed by atoms with Gasteiger partial charge in [0.05, 0.1) is 11.4 Å². The summed E-state index contributed by atoms with van der Waals surface area (Å²) in [6.07, 6.45) is 3.88. The summed E-state index contributed by atoms with van der Waals surface area (Å²) < 4.78 is 0. The average Bonchev–Trinajstić information content (AvgIpc) is 3.24. The molecule has 5 heteroatoms. The highest BCUT2D eigenvalue weighted by atomic mass is 16.1. The summed E-state index contributed by atoms with van der Waals surface area (Å²) in [5, 5.41) is 3.61. The number of carbonyl (C=O) groups excluding carboxylic acids is 1. The van der Waals surface area contributed by atoms with Crippen molar-refractivity contribution in [3.05, 3.63) is 95.6 Å². The van der Waals surface area contributed by atoms with Crippen molar-refractivity contribution in [2.75, 3.05) is 18.4 Å². The van der Waals surface area contributed by atoms with E-state index in [4.69, 9.17) is 5.73 Å². The van der Waals surface area contributed by atoms with Gasteiger partial charge in [0, 0.05) is 23.4 Å². The molecule has 1 saturated heterocycles. The van der Waals surface area contributed by atoms with E-state index in [0.717, 1.165) is 53.4 Å². The minimum atomic E-state index is -0.532. The third kappa shape index (κ3) is 4.59. The number of nitrogens with one attached hydrogen (secondary N) is 1. The number of benzene rings is 3. The zero-order chi connectivity index (χ0) is 22.6. The first kappa shape index (κ1) is 21.2. The van der Waals surface area contributed by atoms with E-state index >= 15 is 0 Å². The number of hydrogen-bond acceptors (Lipinski definition) is 4. The fraction of sp³-hybridized carbons (Fsp3) is 0.214. The summed E-state index contributed by atoms with van der Waals surface area (Å²) in [5.74, 6) is -0.532. The lowest BCUT2D eigenvalue weighted by molar-refractivity contribution is -0.111. The van der Waals surface area contributed by atoms with Gasteiger partial charge in [-0.2, -0.15) is 0 Å². The van der Waals surface area contributed by atoms with E-state index in [0.29, 0.717) is 0 Å². The molecule has 0 spiro atoms. The standard InChI is InChI=1S/C28H28N4O/c29-28(33)27-25(23-14-5-6-15-24(23)31-27)26(21-11-3-1-4-12-21)30-22-13-9-10-20(18-22)19-32-16-7-2-8-17-32/h1,3-6,9-15,18,30H,2,7-8,16-17,19H2,(H2,29,33). The highest BCUT2D eigenvalue weighted by Crippen LogP contribution is 2.39. The van der Waals surface area contributed by atoms with Gasteiger partial charge >= 0.3 is 0 Å². The first-order valence-corrected chi connectivity index (χ1v) is 11.6. The Balaban J connectivity index is 1.56. The number of piperidine rings is 1. The van der Waals surface area contributed by atoms with Gasteiger partial charge in [-0.1, -0.05) is 67.1 Å². The number of aliphatic imine (C=N–C) groups is 1. The summed E-state index contributed by atoms with van der Waals surface area (Å²) in [5.41, 5.74) is 12.5. The predicted octanol–water partition coefficient (Wildman–Crippen LogP) is 5.22. The van der Waals surface area contributed by atoms with E-state index in [1.165, 1.54) is 24.8 Å². The third-order valence-corrected chi connectivity index (χ3v) is 6.24. The zero-order valence-electron chi connectivity index (χ0n) is 18.6. The summed E-state index contributed by atoms with van der Waals surface area (Å²) in [7, 11) is 0. The molecule has 1 amide bonds. The predicted molar refractivity (Wildman–Crippen MR) is 135 cm³/mol. The van der Waals surface area contributed by atoms with Crippen molar-refractivity contribution < 1.29 is 4.79 Å². The highest BCUT2D eigenvalue weighted by molar-refractivity contribution is 6.60. The van der Waals surface area contributed by atoms with Crippen molar-refractivity contribution in [3.8, 4) is 0 Å². The number of amides is 1. The van der Waals surface area contributed by atoms with E-state index in [9.17, 15) is 4.79 Å². The van der Waals surface area contributed by atoms with Crippen LogP contribution in [-0.4, -0.2) is 29.6 Å². The second kappa shape index (κ2) is 9.43. The van der Waals surface area contributed by atoms with Gasteiger partial charge in [-0.3, -0.25) is 9.69 Å². The van der Waals surface area contributed by atoms with Crippen LogP contribution in [0.4, 0.5) is 11.4 Å². The fourth-order valence-corrected chi connectivity index (χ4v) is 4.67. The zero-order valence-corrected chi connectivity index (χ0v) is 18.6. The van der Waals surface area contributed by atoms with Gasteiger partial charge in [-0.25, -0.2) is 4.99 Å². The Morgan fingerprint density at radius 3 is 2.45 bits per heavy atom. The van der Waals surface area contributed by atoms with Crippen molar-refractivity contribution in [3.63, 3.8) is 0 Å². The lowest BCUT2D eigenvalue weighted by Gasteiger charge is -2.26. The number of nitrogens with two attached hydrogens (primary N) is 1.